The molecule has 66 valence electrons. The van der Waals surface area contributed by atoms with Crippen molar-refractivity contribution in [3.8, 4) is 0 Å². The van der Waals surface area contributed by atoms with Crippen molar-refractivity contribution in [2.75, 3.05) is 13.1 Å². The highest BCUT2D eigenvalue weighted by Crippen LogP contribution is 2.18. The van der Waals surface area contributed by atoms with Gasteiger partial charge in [0, 0.05) is 6.54 Å². The summed E-state index contributed by atoms with van der Waals surface area (Å²) < 4.78 is 5.89. The van der Waals surface area contributed by atoms with Crippen LogP contribution in [0.15, 0.2) is 0 Å². The minimum Gasteiger partial charge on any atom is -0.371 e. The molecule has 1 heterocycles. The molecule has 0 saturated carbocycles. The van der Waals surface area contributed by atoms with E-state index in [-0.39, 0.29) is 5.60 Å². The molecule has 1 aliphatic rings. The lowest BCUT2D eigenvalue weighted by Gasteiger charge is -2.27. The van der Waals surface area contributed by atoms with E-state index in [0.717, 1.165) is 19.5 Å². The number of rotatable bonds is 3. The predicted molar refractivity (Wildman–Crippen MR) is 46.7 cm³/mol. The summed E-state index contributed by atoms with van der Waals surface area (Å²) in [5.41, 5.74) is 0.0662. The first kappa shape index (κ1) is 9.01. The number of nitrogens with one attached hydrogen (secondary N) is 1. The van der Waals surface area contributed by atoms with Gasteiger partial charge in [0.05, 0.1) is 11.7 Å². The number of hydrogen-bond donors (Lipinski definition) is 1. The van der Waals surface area contributed by atoms with Crippen LogP contribution >= 0.6 is 0 Å². The molecule has 2 heteroatoms. The standard InChI is InChI=1S/C9H19NO/c1-4-9(2,3)11-8-5-6-10-7-8/h8,10H,4-7H2,1-3H3/t8-/m1/s1. The summed E-state index contributed by atoms with van der Waals surface area (Å²) in [7, 11) is 0. The lowest BCUT2D eigenvalue weighted by molar-refractivity contribution is -0.0642. The Bertz CT molecular complexity index is 117. The van der Waals surface area contributed by atoms with Crippen molar-refractivity contribution < 1.29 is 4.74 Å². The summed E-state index contributed by atoms with van der Waals surface area (Å²) in [6.07, 6.45) is 2.71. The Labute approximate surface area is 69.3 Å². The molecule has 1 rings (SSSR count). The van der Waals surface area contributed by atoms with Crippen LogP contribution in [0.2, 0.25) is 0 Å². The van der Waals surface area contributed by atoms with Gasteiger partial charge in [-0.25, -0.2) is 0 Å². The van der Waals surface area contributed by atoms with Gasteiger partial charge in [-0.2, -0.15) is 0 Å². The average Bonchev–Trinajstić information content (AvgIpc) is 2.39. The Morgan fingerprint density at radius 1 is 1.55 bits per heavy atom. The maximum Gasteiger partial charge on any atom is 0.0718 e. The van der Waals surface area contributed by atoms with Crippen LogP contribution in [0.4, 0.5) is 0 Å². The van der Waals surface area contributed by atoms with Crippen LogP contribution in [0.5, 0.6) is 0 Å². The Balaban J connectivity index is 2.28. The zero-order chi connectivity index (χ0) is 8.32. The Kier molecular flexibility index (Phi) is 2.90. The second kappa shape index (κ2) is 3.55. The lowest BCUT2D eigenvalue weighted by atomic mass is 10.1. The van der Waals surface area contributed by atoms with Crippen LogP contribution in [-0.4, -0.2) is 24.8 Å². The number of hydrogen-bond acceptors (Lipinski definition) is 2. The second-order valence-electron chi connectivity index (χ2n) is 3.85. The van der Waals surface area contributed by atoms with E-state index in [4.69, 9.17) is 4.74 Å². The van der Waals surface area contributed by atoms with Crippen LogP contribution < -0.4 is 5.32 Å². The molecule has 0 radical (unpaired) electrons. The summed E-state index contributed by atoms with van der Waals surface area (Å²) in [5.74, 6) is 0. The van der Waals surface area contributed by atoms with E-state index in [0.29, 0.717) is 6.10 Å². The van der Waals surface area contributed by atoms with Gasteiger partial charge in [-0.05, 0) is 33.2 Å². The van der Waals surface area contributed by atoms with Gasteiger partial charge < -0.3 is 10.1 Å². The second-order valence-corrected chi connectivity index (χ2v) is 3.85. The third-order valence-electron chi connectivity index (χ3n) is 2.35. The van der Waals surface area contributed by atoms with E-state index >= 15 is 0 Å². The highest BCUT2D eigenvalue weighted by molar-refractivity contribution is 4.76. The number of ether oxygens (including phenoxy) is 1. The van der Waals surface area contributed by atoms with Crippen LogP contribution in [0, 0.1) is 0 Å². The Morgan fingerprint density at radius 2 is 2.27 bits per heavy atom. The predicted octanol–water partition coefficient (Wildman–Crippen LogP) is 1.55. The van der Waals surface area contributed by atoms with Gasteiger partial charge in [0.1, 0.15) is 0 Å². The van der Waals surface area contributed by atoms with Gasteiger partial charge in [-0.1, -0.05) is 6.92 Å². The SMILES string of the molecule is CCC(C)(C)O[C@@H]1CCNC1. The van der Waals surface area contributed by atoms with Crippen LogP contribution in [0.1, 0.15) is 33.6 Å². The molecule has 1 aliphatic heterocycles. The van der Waals surface area contributed by atoms with Crippen molar-refractivity contribution in [1.29, 1.82) is 0 Å². The molecule has 0 amide bonds. The van der Waals surface area contributed by atoms with E-state index in [9.17, 15) is 0 Å². The summed E-state index contributed by atoms with van der Waals surface area (Å²) in [6.45, 7) is 8.63. The first-order valence-corrected chi connectivity index (χ1v) is 4.52. The largest absolute Gasteiger partial charge is 0.371 e. The molecular formula is C9H19NO. The minimum absolute atomic E-state index is 0.0662. The summed E-state index contributed by atoms with van der Waals surface area (Å²) >= 11 is 0. The first-order chi connectivity index (χ1) is 5.14. The van der Waals surface area contributed by atoms with E-state index in [1.165, 1.54) is 6.42 Å². The quantitative estimate of drug-likeness (QED) is 0.671. The van der Waals surface area contributed by atoms with Gasteiger partial charge in [0.25, 0.3) is 0 Å². The molecule has 1 fully saturated rings. The molecular weight excluding hydrogens is 138 g/mol. The molecule has 0 spiro atoms. The van der Waals surface area contributed by atoms with Gasteiger partial charge in [0.2, 0.25) is 0 Å². The maximum absolute atomic E-state index is 5.89. The fourth-order valence-corrected chi connectivity index (χ4v) is 1.26. The van der Waals surface area contributed by atoms with Gasteiger partial charge in [-0.3, -0.25) is 0 Å². The topological polar surface area (TPSA) is 21.3 Å². The summed E-state index contributed by atoms with van der Waals surface area (Å²) in [5, 5.41) is 3.29. The fourth-order valence-electron chi connectivity index (χ4n) is 1.26. The van der Waals surface area contributed by atoms with Gasteiger partial charge in [0.15, 0.2) is 0 Å². The zero-order valence-corrected chi connectivity index (χ0v) is 7.81. The first-order valence-electron chi connectivity index (χ1n) is 4.52. The highest BCUT2D eigenvalue weighted by atomic mass is 16.5. The average molecular weight is 157 g/mol. The van der Waals surface area contributed by atoms with Crippen molar-refractivity contribution >= 4 is 0 Å². The molecule has 1 saturated heterocycles. The van der Waals surface area contributed by atoms with Crippen molar-refractivity contribution in [3.05, 3.63) is 0 Å². The molecule has 0 aromatic heterocycles. The third-order valence-corrected chi connectivity index (χ3v) is 2.35. The van der Waals surface area contributed by atoms with E-state index in [1.807, 2.05) is 0 Å². The maximum atomic E-state index is 5.89. The summed E-state index contributed by atoms with van der Waals surface area (Å²) in [6, 6.07) is 0. The van der Waals surface area contributed by atoms with E-state index in [1.54, 1.807) is 0 Å². The Morgan fingerprint density at radius 3 is 2.73 bits per heavy atom. The van der Waals surface area contributed by atoms with Crippen LogP contribution in [0.25, 0.3) is 0 Å². The third kappa shape index (κ3) is 2.80. The molecule has 1 N–H and O–H groups in total. The normalized spacial score (nSPS) is 25.9. The molecule has 0 aromatic rings. The van der Waals surface area contributed by atoms with Crippen molar-refractivity contribution in [3.63, 3.8) is 0 Å². The van der Waals surface area contributed by atoms with Crippen LogP contribution in [-0.2, 0) is 4.74 Å². The monoisotopic (exact) mass is 157 g/mol. The van der Waals surface area contributed by atoms with Gasteiger partial charge >= 0.3 is 0 Å². The van der Waals surface area contributed by atoms with Crippen LogP contribution in [0.3, 0.4) is 0 Å². The molecule has 0 unspecified atom stereocenters. The molecule has 0 aliphatic carbocycles. The zero-order valence-electron chi connectivity index (χ0n) is 7.81. The minimum atomic E-state index is 0.0662. The Hall–Kier alpha value is -0.0800. The molecule has 0 bridgehead atoms. The van der Waals surface area contributed by atoms with Crippen molar-refractivity contribution in [1.82, 2.24) is 5.32 Å². The molecule has 2 nitrogen and oxygen atoms in total. The highest BCUT2D eigenvalue weighted by Gasteiger charge is 2.23. The molecule has 11 heavy (non-hydrogen) atoms. The van der Waals surface area contributed by atoms with Gasteiger partial charge in [-0.15, -0.1) is 0 Å². The van der Waals surface area contributed by atoms with Crippen molar-refractivity contribution in [2.24, 2.45) is 0 Å². The summed E-state index contributed by atoms with van der Waals surface area (Å²) in [4.78, 5) is 0. The lowest BCUT2D eigenvalue weighted by Crippen LogP contribution is -2.31. The smallest absolute Gasteiger partial charge is 0.0718 e. The van der Waals surface area contributed by atoms with Crippen molar-refractivity contribution in [2.45, 2.75) is 45.3 Å². The van der Waals surface area contributed by atoms with E-state index < -0.39 is 0 Å². The van der Waals surface area contributed by atoms with E-state index in [2.05, 4.69) is 26.1 Å². The fraction of sp³-hybridized carbons (Fsp3) is 1.00. The molecule has 0 aromatic carbocycles. The molecule has 1 atom stereocenters.